The summed E-state index contributed by atoms with van der Waals surface area (Å²) >= 11 is 0. The minimum absolute atomic E-state index is 0.0399. The predicted octanol–water partition coefficient (Wildman–Crippen LogP) is 1.65. The Kier molecular flexibility index (Phi) is 2.72. The van der Waals surface area contributed by atoms with E-state index in [1.165, 1.54) is 0 Å². The Hall–Kier alpha value is -1.40. The molecule has 1 aliphatic heterocycles. The number of fused-ring (bicyclic) bond motifs is 1. The van der Waals surface area contributed by atoms with Gasteiger partial charge in [0, 0.05) is 5.92 Å². The van der Waals surface area contributed by atoms with E-state index in [9.17, 15) is 13.2 Å². The quantitative estimate of drug-likeness (QED) is 0.627. The third-order valence-corrected chi connectivity index (χ3v) is 6.29. The summed E-state index contributed by atoms with van der Waals surface area (Å²) in [4.78, 5) is 11.8. The van der Waals surface area contributed by atoms with Gasteiger partial charge in [-0.2, -0.15) is 8.42 Å². The predicted molar refractivity (Wildman–Crippen MR) is 72.8 cm³/mol. The van der Waals surface area contributed by atoms with Crippen molar-refractivity contribution in [2.24, 2.45) is 17.8 Å². The van der Waals surface area contributed by atoms with Gasteiger partial charge in [0.25, 0.3) is 10.1 Å². The van der Waals surface area contributed by atoms with Gasteiger partial charge in [0.15, 0.2) is 0 Å². The van der Waals surface area contributed by atoms with Gasteiger partial charge in [0.1, 0.15) is 12.2 Å². The summed E-state index contributed by atoms with van der Waals surface area (Å²) in [6.07, 6.45) is 0.606. The number of benzene rings is 1. The molecule has 4 rings (SSSR count). The minimum atomic E-state index is -3.82. The van der Waals surface area contributed by atoms with Crippen molar-refractivity contribution in [2.45, 2.75) is 36.9 Å². The number of rotatable bonds is 3. The highest BCUT2D eigenvalue weighted by Gasteiger charge is 2.63. The highest BCUT2D eigenvalue weighted by atomic mass is 32.2. The lowest BCUT2D eigenvalue weighted by atomic mass is 9.88. The van der Waals surface area contributed by atoms with E-state index in [1.54, 1.807) is 24.3 Å². The maximum atomic E-state index is 12.4. The SMILES string of the molecule is Cc1ccc(S(=O)(=O)O[C@H]2[C@H]3C[C@H]4[C@@H]2OC(=O)[C@H]4C3)cc1. The Labute approximate surface area is 123 Å². The lowest BCUT2D eigenvalue weighted by molar-refractivity contribution is -0.145. The highest BCUT2D eigenvalue weighted by molar-refractivity contribution is 7.86. The fourth-order valence-electron chi connectivity index (χ4n) is 3.94. The van der Waals surface area contributed by atoms with Crippen LogP contribution in [0.15, 0.2) is 29.2 Å². The van der Waals surface area contributed by atoms with Gasteiger partial charge in [0.05, 0.1) is 10.8 Å². The van der Waals surface area contributed by atoms with Crippen molar-refractivity contribution >= 4 is 16.1 Å². The van der Waals surface area contributed by atoms with Gasteiger partial charge in [-0.15, -0.1) is 0 Å². The van der Waals surface area contributed by atoms with Gasteiger partial charge >= 0.3 is 5.97 Å². The van der Waals surface area contributed by atoms with E-state index < -0.39 is 16.2 Å². The van der Waals surface area contributed by atoms with Crippen LogP contribution in [0.25, 0.3) is 0 Å². The van der Waals surface area contributed by atoms with Gasteiger partial charge in [-0.3, -0.25) is 8.98 Å². The first-order valence-electron chi connectivity index (χ1n) is 7.16. The van der Waals surface area contributed by atoms with Gasteiger partial charge in [-0.25, -0.2) is 0 Å². The number of hydrogen-bond acceptors (Lipinski definition) is 5. The Morgan fingerprint density at radius 1 is 1.19 bits per heavy atom. The molecule has 1 saturated heterocycles. The molecule has 6 heteroatoms. The molecule has 1 aromatic carbocycles. The molecule has 0 aromatic heterocycles. The number of ether oxygens (including phenoxy) is 1. The molecule has 5 atom stereocenters. The van der Waals surface area contributed by atoms with Crippen LogP contribution in [0.3, 0.4) is 0 Å². The second kappa shape index (κ2) is 4.30. The smallest absolute Gasteiger partial charge is 0.309 e. The minimum Gasteiger partial charge on any atom is -0.459 e. The molecule has 112 valence electrons. The molecular formula is C15H16O5S. The molecule has 0 radical (unpaired) electrons. The van der Waals surface area contributed by atoms with Crippen LogP contribution in [-0.4, -0.2) is 26.6 Å². The number of hydrogen-bond donors (Lipinski definition) is 0. The molecule has 2 aliphatic carbocycles. The Morgan fingerprint density at radius 3 is 2.62 bits per heavy atom. The van der Waals surface area contributed by atoms with Gasteiger partial charge < -0.3 is 4.74 Å². The summed E-state index contributed by atoms with van der Waals surface area (Å²) in [7, 11) is -3.82. The average Bonchev–Trinajstić information content (AvgIpc) is 3.04. The molecule has 3 fully saturated rings. The fraction of sp³-hybridized carbons (Fsp3) is 0.533. The molecule has 0 N–H and O–H groups in total. The molecule has 3 aliphatic rings. The third kappa shape index (κ3) is 1.92. The molecule has 0 unspecified atom stereocenters. The summed E-state index contributed by atoms with van der Waals surface area (Å²) in [6.45, 7) is 1.89. The monoisotopic (exact) mass is 308 g/mol. The van der Waals surface area contributed by atoms with Gasteiger partial charge in [-0.05, 0) is 37.8 Å². The van der Waals surface area contributed by atoms with Crippen LogP contribution in [-0.2, 0) is 23.8 Å². The second-order valence-corrected chi connectivity index (χ2v) is 7.80. The van der Waals surface area contributed by atoms with Crippen molar-refractivity contribution in [2.75, 3.05) is 0 Å². The summed E-state index contributed by atoms with van der Waals surface area (Å²) in [6, 6.07) is 6.56. The van der Waals surface area contributed by atoms with E-state index in [4.69, 9.17) is 8.92 Å². The van der Waals surface area contributed by atoms with Crippen molar-refractivity contribution < 1.29 is 22.1 Å². The van der Waals surface area contributed by atoms with E-state index in [0.29, 0.717) is 6.42 Å². The van der Waals surface area contributed by atoms with Gasteiger partial charge in [0.2, 0.25) is 0 Å². The number of carbonyl (C=O) groups is 1. The van der Waals surface area contributed by atoms with Crippen LogP contribution in [0.1, 0.15) is 18.4 Å². The van der Waals surface area contributed by atoms with Crippen molar-refractivity contribution in [3.63, 3.8) is 0 Å². The maximum Gasteiger partial charge on any atom is 0.309 e. The van der Waals surface area contributed by atoms with E-state index in [-0.39, 0.29) is 34.7 Å². The lowest BCUT2D eigenvalue weighted by Crippen LogP contribution is -2.36. The van der Waals surface area contributed by atoms with Crippen LogP contribution in [0.5, 0.6) is 0 Å². The summed E-state index contributed by atoms with van der Waals surface area (Å²) in [5.41, 5.74) is 0.987. The van der Waals surface area contributed by atoms with Crippen LogP contribution in [0.2, 0.25) is 0 Å². The van der Waals surface area contributed by atoms with Crippen LogP contribution in [0.4, 0.5) is 0 Å². The normalized spacial score (nSPS) is 37.0. The molecule has 5 nitrogen and oxygen atoms in total. The van der Waals surface area contributed by atoms with Crippen molar-refractivity contribution in [1.82, 2.24) is 0 Å². The van der Waals surface area contributed by atoms with E-state index in [2.05, 4.69) is 0 Å². The van der Waals surface area contributed by atoms with Crippen molar-refractivity contribution in [1.29, 1.82) is 0 Å². The van der Waals surface area contributed by atoms with Crippen molar-refractivity contribution in [3.05, 3.63) is 29.8 Å². The summed E-state index contributed by atoms with van der Waals surface area (Å²) < 4.78 is 35.5. The summed E-state index contributed by atoms with van der Waals surface area (Å²) in [5.74, 6) is 0.0191. The third-order valence-electron chi connectivity index (χ3n) is 4.96. The zero-order valence-corrected chi connectivity index (χ0v) is 12.4. The fourth-order valence-corrected chi connectivity index (χ4v) is 5.08. The Bertz CT molecular complexity index is 693. The zero-order valence-electron chi connectivity index (χ0n) is 11.6. The molecule has 2 saturated carbocycles. The first-order chi connectivity index (χ1) is 9.95. The largest absolute Gasteiger partial charge is 0.459 e. The van der Waals surface area contributed by atoms with E-state index >= 15 is 0 Å². The molecular weight excluding hydrogens is 292 g/mol. The lowest BCUT2D eigenvalue weighted by Gasteiger charge is -2.24. The Morgan fingerprint density at radius 2 is 1.90 bits per heavy atom. The van der Waals surface area contributed by atoms with E-state index in [1.807, 2.05) is 6.92 Å². The van der Waals surface area contributed by atoms with Crippen LogP contribution < -0.4 is 0 Å². The topological polar surface area (TPSA) is 69.7 Å². The second-order valence-electron chi connectivity index (χ2n) is 6.23. The van der Waals surface area contributed by atoms with Gasteiger partial charge in [-0.1, -0.05) is 17.7 Å². The molecule has 0 spiro atoms. The van der Waals surface area contributed by atoms with Crippen LogP contribution in [0, 0.1) is 24.7 Å². The molecule has 21 heavy (non-hydrogen) atoms. The first-order valence-corrected chi connectivity index (χ1v) is 8.57. The van der Waals surface area contributed by atoms with Crippen molar-refractivity contribution in [3.8, 4) is 0 Å². The molecule has 2 bridgehead atoms. The summed E-state index contributed by atoms with van der Waals surface area (Å²) in [5, 5.41) is 0. The number of aryl methyl sites for hydroxylation is 1. The standard InChI is InChI=1S/C15H16O5S/c1-8-2-4-10(5-3-8)21(17,18)20-13-9-6-11-12(7-9)15(16)19-14(11)13/h2-5,9,11-14H,6-7H2,1H3/t9-,11+,12-,13-,14-/m0/s1. The highest BCUT2D eigenvalue weighted by Crippen LogP contribution is 2.55. The Balaban J connectivity index is 1.59. The molecule has 1 heterocycles. The maximum absolute atomic E-state index is 12.4. The van der Waals surface area contributed by atoms with Crippen LogP contribution >= 0.6 is 0 Å². The average molecular weight is 308 g/mol. The zero-order chi connectivity index (χ0) is 14.8. The number of esters is 1. The molecule has 0 amide bonds. The molecule has 1 aromatic rings. The first kappa shape index (κ1) is 13.3. The van der Waals surface area contributed by atoms with E-state index in [0.717, 1.165) is 12.0 Å². The number of carbonyl (C=O) groups excluding carboxylic acids is 1.